The number of rotatable bonds is 4. The Morgan fingerprint density at radius 1 is 1.33 bits per heavy atom. The molecule has 0 aliphatic carbocycles. The van der Waals surface area contributed by atoms with Gasteiger partial charge in [-0.05, 0) is 18.1 Å². The van der Waals surface area contributed by atoms with Crippen LogP contribution in [-0.2, 0) is 4.79 Å². The molecular weight excluding hydrogens is 228 g/mol. The van der Waals surface area contributed by atoms with Crippen LogP contribution in [0.15, 0.2) is 24.3 Å². The predicted octanol–water partition coefficient (Wildman–Crippen LogP) is 1.75. The standard InChI is InChI=1S/C13H18N4O/c1-8(2)11(12(18)14-3)17-13-15-9-6-4-5-7-10(9)16-13/h4-8,11H,1-3H3,(H,14,18)(H2,15,16,17). The molecule has 1 unspecified atom stereocenters. The van der Waals surface area contributed by atoms with Gasteiger partial charge in [0.2, 0.25) is 11.9 Å². The van der Waals surface area contributed by atoms with E-state index in [1.807, 2.05) is 38.1 Å². The van der Waals surface area contributed by atoms with Crippen LogP contribution >= 0.6 is 0 Å². The Labute approximate surface area is 106 Å². The third-order valence-corrected chi connectivity index (χ3v) is 2.88. The number of para-hydroxylation sites is 2. The van der Waals surface area contributed by atoms with Gasteiger partial charge in [0.1, 0.15) is 6.04 Å². The quantitative estimate of drug-likeness (QED) is 0.769. The third kappa shape index (κ3) is 2.45. The number of likely N-dealkylation sites (N-methyl/N-ethyl adjacent to an activating group) is 1. The van der Waals surface area contributed by atoms with Crippen molar-refractivity contribution in [2.45, 2.75) is 19.9 Å². The second kappa shape index (κ2) is 5.08. The SMILES string of the molecule is CNC(=O)C(Nc1nc2ccccc2[nH]1)C(C)C. The van der Waals surface area contributed by atoms with Gasteiger partial charge in [-0.3, -0.25) is 4.79 Å². The first kappa shape index (κ1) is 12.4. The van der Waals surface area contributed by atoms with Crippen molar-refractivity contribution in [2.24, 2.45) is 5.92 Å². The van der Waals surface area contributed by atoms with Gasteiger partial charge in [-0.1, -0.05) is 26.0 Å². The van der Waals surface area contributed by atoms with Gasteiger partial charge in [0.05, 0.1) is 11.0 Å². The van der Waals surface area contributed by atoms with Gasteiger partial charge in [0, 0.05) is 7.05 Å². The number of carbonyl (C=O) groups is 1. The Balaban J connectivity index is 2.23. The van der Waals surface area contributed by atoms with Crippen molar-refractivity contribution >= 4 is 22.9 Å². The molecule has 2 rings (SSSR count). The van der Waals surface area contributed by atoms with E-state index in [0.29, 0.717) is 5.95 Å². The fraction of sp³-hybridized carbons (Fsp3) is 0.385. The molecule has 1 aromatic heterocycles. The van der Waals surface area contributed by atoms with Gasteiger partial charge in [0.25, 0.3) is 0 Å². The Kier molecular flexibility index (Phi) is 3.50. The van der Waals surface area contributed by atoms with E-state index in [1.54, 1.807) is 7.05 Å². The lowest BCUT2D eigenvalue weighted by atomic mass is 10.0. The van der Waals surface area contributed by atoms with Crippen LogP contribution in [0.25, 0.3) is 11.0 Å². The number of H-pyrrole nitrogens is 1. The fourth-order valence-corrected chi connectivity index (χ4v) is 1.86. The number of aromatic amines is 1. The molecule has 0 radical (unpaired) electrons. The average Bonchev–Trinajstić information content (AvgIpc) is 2.77. The van der Waals surface area contributed by atoms with Crippen LogP contribution in [0.5, 0.6) is 0 Å². The van der Waals surface area contributed by atoms with E-state index in [-0.39, 0.29) is 17.9 Å². The number of nitrogens with one attached hydrogen (secondary N) is 3. The molecule has 0 saturated carbocycles. The monoisotopic (exact) mass is 246 g/mol. The van der Waals surface area contributed by atoms with Gasteiger partial charge in [0.15, 0.2) is 0 Å². The number of fused-ring (bicyclic) bond motifs is 1. The molecule has 0 bridgehead atoms. The minimum Gasteiger partial charge on any atom is -0.357 e. The largest absolute Gasteiger partial charge is 0.357 e. The minimum atomic E-state index is -0.296. The molecule has 96 valence electrons. The predicted molar refractivity (Wildman–Crippen MR) is 72.4 cm³/mol. The van der Waals surface area contributed by atoms with E-state index in [9.17, 15) is 4.79 Å². The van der Waals surface area contributed by atoms with Crippen molar-refractivity contribution in [1.29, 1.82) is 0 Å². The van der Waals surface area contributed by atoms with Crippen LogP contribution in [0.4, 0.5) is 5.95 Å². The fourth-order valence-electron chi connectivity index (χ4n) is 1.86. The highest BCUT2D eigenvalue weighted by molar-refractivity contribution is 5.85. The van der Waals surface area contributed by atoms with Crippen LogP contribution < -0.4 is 10.6 Å². The van der Waals surface area contributed by atoms with Crippen molar-refractivity contribution in [2.75, 3.05) is 12.4 Å². The minimum absolute atomic E-state index is 0.0366. The first-order valence-corrected chi connectivity index (χ1v) is 6.04. The van der Waals surface area contributed by atoms with Crippen molar-refractivity contribution in [3.63, 3.8) is 0 Å². The molecule has 5 heteroatoms. The number of benzene rings is 1. The van der Waals surface area contributed by atoms with E-state index < -0.39 is 0 Å². The normalized spacial score (nSPS) is 12.7. The third-order valence-electron chi connectivity index (χ3n) is 2.88. The number of amides is 1. The summed E-state index contributed by atoms with van der Waals surface area (Å²) >= 11 is 0. The number of hydrogen-bond acceptors (Lipinski definition) is 3. The summed E-state index contributed by atoms with van der Waals surface area (Å²) in [4.78, 5) is 19.3. The Morgan fingerprint density at radius 2 is 2.06 bits per heavy atom. The zero-order valence-electron chi connectivity index (χ0n) is 10.8. The molecule has 0 aliphatic rings. The lowest BCUT2D eigenvalue weighted by Gasteiger charge is -2.19. The van der Waals surface area contributed by atoms with Gasteiger partial charge in [-0.2, -0.15) is 0 Å². The molecule has 0 aliphatic heterocycles. The Morgan fingerprint density at radius 3 is 2.67 bits per heavy atom. The maximum Gasteiger partial charge on any atom is 0.242 e. The molecule has 1 amide bonds. The Hall–Kier alpha value is -2.04. The van der Waals surface area contributed by atoms with Crippen molar-refractivity contribution in [1.82, 2.24) is 15.3 Å². The number of hydrogen-bond donors (Lipinski definition) is 3. The van der Waals surface area contributed by atoms with E-state index in [4.69, 9.17) is 0 Å². The first-order chi connectivity index (χ1) is 8.61. The second-order valence-corrected chi connectivity index (χ2v) is 4.58. The summed E-state index contributed by atoms with van der Waals surface area (Å²) in [6.07, 6.45) is 0. The summed E-state index contributed by atoms with van der Waals surface area (Å²) in [6.45, 7) is 3.99. The van der Waals surface area contributed by atoms with Crippen molar-refractivity contribution < 1.29 is 4.79 Å². The lowest BCUT2D eigenvalue weighted by molar-refractivity contribution is -0.122. The molecule has 0 saturated heterocycles. The number of anilines is 1. The van der Waals surface area contributed by atoms with Gasteiger partial charge < -0.3 is 15.6 Å². The topological polar surface area (TPSA) is 69.8 Å². The maximum absolute atomic E-state index is 11.8. The van der Waals surface area contributed by atoms with Crippen LogP contribution in [0.1, 0.15) is 13.8 Å². The molecule has 1 aromatic carbocycles. The number of nitrogens with zero attached hydrogens (tertiary/aromatic N) is 1. The van der Waals surface area contributed by atoms with Crippen molar-refractivity contribution in [3.05, 3.63) is 24.3 Å². The molecule has 0 spiro atoms. The summed E-state index contributed by atoms with van der Waals surface area (Å²) in [5.41, 5.74) is 1.85. The molecule has 5 nitrogen and oxygen atoms in total. The van der Waals surface area contributed by atoms with E-state index in [0.717, 1.165) is 11.0 Å². The zero-order valence-corrected chi connectivity index (χ0v) is 10.8. The molecule has 0 fully saturated rings. The second-order valence-electron chi connectivity index (χ2n) is 4.58. The Bertz CT molecular complexity index is 514. The molecule has 3 N–H and O–H groups in total. The molecule has 18 heavy (non-hydrogen) atoms. The summed E-state index contributed by atoms with van der Waals surface area (Å²) in [5.74, 6) is 0.766. The van der Waals surface area contributed by atoms with Gasteiger partial charge >= 0.3 is 0 Å². The number of imidazole rings is 1. The van der Waals surface area contributed by atoms with E-state index >= 15 is 0 Å². The summed E-state index contributed by atoms with van der Waals surface area (Å²) in [6, 6.07) is 7.48. The van der Waals surface area contributed by atoms with Gasteiger partial charge in [-0.15, -0.1) is 0 Å². The highest BCUT2D eigenvalue weighted by Crippen LogP contribution is 2.15. The molecular formula is C13H18N4O. The summed E-state index contributed by atoms with van der Waals surface area (Å²) < 4.78 is 0. The highest BCUT2D eigenvalue weighted by Gasteiger charge is 2.21. The van der Waals surface area contributed by atoms with Crippen molar-refractivity contribution in [3.8, 4) is 0 Å². The zero-order chi connectivity index (χ0) is 13.1. The maximum atomic E-state index is 11.8. The van der Waals surface area contributed by atoms with E-state index in [2.05, 4.69) is 20.6 Å². The van der Waals surface area contributed by atoms with Crippen LogP contribution in [0, 0.1) is 5.92 Å². The van der Waals surface area contributed by atoms with Crippen LogP contribution in [0.3, 0.4) is 0 Å². The smallest absolute Gasteiger partial charge is 0.242 e. The summed E-state index contributed by atoms with van der Waals surface area (Å²) in [5, 5.41) is 5.80. The van der Waals surface area contributed by atoms with Crippen LogP contribution in [-0.4, -0.2) is 29.0 Å². The molecule has 2 aromatic rings. The number of carbonyl (C=O) groups excluding carboxylic acids is 1. The molecule has 1 heterocycles. The molecule has 1 atom stereocenters. The van der Waals surface area contributed by atoms with Crippen LogP contribution in [0.2, 0.25) is 0 Å². The van der Waals surface area contributed by atoms with Gasteiger partial charge in [-0.25, -0.2) is 4.98 Å². The number of aromatic nitrogens is 2. The summed E-state index contributed by atoms with van der Waals surface area (Å²) in [7, 11) is 1.64. The first-order valence-electron chi connectivity index (χ1n) is 6.04. The lowest BCUT2D eigenvalue weighted by Crippen LogP contribution is -2.41. The van der Waals surface area contributed by atoms with E-state index in [1.165, 1.54) is 0 Å². The average molecular weight is 246 g/mol. The highest BCUT2D eigenvalue weighted by atomic mass is 16.2.